The van der Waals surface area contributed by atoms with Gasteiger partial charge in [0.15, 0.2) is 5.96 Å². The molecule has 0 saturated carbocycles. The average molecular weight is 376 g/mol. The predicted molar refractivity (Wildman–Crippen MR) is 103 cm³/mol. The molecule has 1 N–H and O–H groups in total. The second-order valence-corrected chi connectivity index (χ2v) is 8.81. The van der Waals surface area contributed by atoms with Crippen molar-refractivity contribution < 1.29 is 4.74 Å². The standard InChI is InChI=1S/C16H26ClN3OS2/c1-4-18-15(20(2)11-13-5-6-14(17)23-13)19-12-16(22-3)7-9-21-10-8-16/h5-6H,4,7-12H2,1-3H3,(H,18,19). The van der Waals surface area contributed by atoms with Gasteiger partial charge in [-0.25, -0.2) is 0 Å². The van der Waals surface area contributed by atoms with Crippen molar-refractivity contribution in [2.75, 3.05) is 39.6 Å². The van der Waals surface area contributed by atoms with Gasteiger partial charge < -0.3 is 15.0 Å². The zero-order valence-electron chi connectivity index (χ0n) is 14.1. The van der Waals surface area contributed by atoms with Crippen LogP contribution in [-0.4, -0.2) is 55.2 Å². The summed E-state index contributed by atoms with van der Waals surface area (Å²) in [6.07, 6.45) is 4.33. The molecular weight excluding hydrogens is 350 g/mol. The third kappa shape index (κ3) is 5.55. The Morgan fingerprint density at radius 2 is 2.22 bits per heavy atom. The van der Waals surface area contributed by atoms with Gasteiger partial charge in [0.25, 0.3) is 0 Å². The van der Waals surface area contributed by atoms with Gasteiger partial charge in [-0.05, 0) is 38.2 Å². The van der Waals surface area contributed by atoms with Gasteiger partial charge in [0.1, 0.15) is 0 Å². The van der Waals surface area contributed by atoms with Crippen LogP contribution >= 0.6 is 34.7 Å². The maximum atomic E-state index is 6.02. The first kappa shape index (κ1) is 18.9. The van der Waals surface area contributed by atoms with E-state index in [9.17, 15) is 0 Å². The molecule has 23 heavy (non-hydrogen) atoms. The second kappa shape index (κ2) is 9.16. The summed E-state index contributed by atoms with van der Waals surface area (Å²) in [5.74, 6) is 0.955. The van der Waals surface area contributed by atoms with E-state index < -0.39 is 0 Å². The van der Waals surface area contributed by atoms with Crippen LogP contribution in [0.5, 0.6) is 0 Å². The highest BCUT2D eigenvalue weighted by atomic mass is 35.5. The van der Waals surface area contributed by atoms with Crippen molar-refractivity contribution in [2.45, 2.75) is 31.1 Å². The molecular formula is C16H26ClN3OS2. The maximum Gasteiger partial charge on any atom is 0.194 e. The Balaban J connectivity index is 2.03. The normalized spacial score (nSPS) is 18.0. The fraction of sp³-hybridized carbons (Fsp3) is 0.688. The Morgan fingerprint density at radius 3 is 2.78 bits per heavy atom. The zero-order valence-corrected chi connectivity index (χ0v) is 16.5. The third-order valence-corrected chi connectivity index (χ3v) is 6.69. The molecule has 0 aromatic carbocycles. The second-order valence-electron chi connectivity index (χ2n) is 5.73. The molecule has 0 radical (unpaired) electrons. The minimum atomic E-state index is 0.214. The number of guanidine groups is 1. The van der Waals surface area contributed by atoms with Gasteiger partial charge in [-0.3, -0.25) is 4.99 Å². The molecule has 0 atom stereocenters. The molecule has 1 aromatic rings. The molecule has 1 aromatic heterocycles. The minimum absolute atomic E-state index is 0.214. The number of halogens is 1. The van der Waals surface area contributed by atoms with Crippen molar-refractivity contribution in [3.63, 3.8) is 0 Å². The van der Waals surface area contributed by atoms with Crippen LogP contribution in [0.25, 0.3) is 0 Å². The van der Waals surface area contributed by atoms with Gasteiger partial charge in [0.05, 0.1) is 17.4 Å². The lowest BCUT2D eigenvalue weighted by Crippen LogP contribution is -2.41. The number of ether oxygens (including phenoxy) is 1. The van der Waals surface area contributed by atoms with Gasteiger partial charge in [0, 0.05) is 36.4 Å². The average Bonchev–Trinajstić information content (AvgIpc) is 2.97. The zero-order chi connectivity index (χ0) is 16.7. The molecule has 0 amide bonds. The number of hydrogen-bond acceptors (Lipinski definition) is 4. The van der Waals surface area contributed by atoms with Crippen LogP contribution in [-0.2, 0) is 11.3 Å². The van der Waals surface area contributed by atoms with E-state index in [4.69, 9.17) is 21.3 Å². The highest BCUT2D eigenvalue weighted by molar-refractivity contribution is 8.00. The summed E-state index contributed by atoms with van der Waals surface area (Å²) in [5, 5.41) is 3.40. The number of thioether (sulfide) groups is 1. The molecule has 0 spiro atoms. The lowest BCUT2D eigenvalue weighted by molar-refractivity contribution is 0.0793. The van der Waals surface area contributed by atoms with Crippen molar-refractivity contribution in [3.05, 3.63) is 21.3 Å². The lowest BCUT2D eigenvalue weighted by Gasteiger charge is -2.34. The minimum Gasteiger partial charge on any atom is -0.381 e. The molecule has 1 fully saturated rings. The maximum absolute atomic E-state index is 6.02. The van der Waals surface area contributed by atoms with E-state index in [1.54, 1.807) is 11.3 Å². The van der Waals surface area contributed by atoms with Crippen molar-refractivity contribution in [2.24, 2.45) is 4.99 Å². The van der Waals surface area contributed by atoms with Crippen molar-refractivity contribution >= 4 is 40.7 Å². The predicted octanol–water partition coefficient (Wildman–Crippen LogP) is 3.71. The number of thiophene rings is 1. The molecule has 130 valence electrons. The molecule has 1 saturated heterocycles. The Morgan fingerprint density at radius 1 is 1.48 bits per heavy atom. The monoisotopic (exact) mass is 375 g/mol. The van der Waals surface area contributed by atoms with Crippen LogP contribution < -0.4 is 5.32 Å². The van der Waals surface area contributed by atoms with Crippen LogP contribution in [0.2, 0.25) is 4.34 Å². The first-order valence-corrected chi connectivity index (χ1v) is 10.4. The molecule has 1 aliphatic heterocycles. The van der Waals surface area contributed by atoms with Crippen LogP contribution in [0.15, 0.2) is 17.1 Å². The number of aliphatic imine (C=N–C) groups is 1. The van der Waals surface area contributed by atoms with Gasteiger partial charge in [-0.15, -0.1) is 11.3 Å². The number of nitrogens with zero attached hydrogens (tertiary/aromatic N) is 2. The van der Waals surface area contributed by atoms with Crippen LogP contribution in [0.3, 0.4) is 0 Å². The van der Waals surface area contributed by atoms with Crippen LogP contribution in [0.4, 0.5) is 0 Å². The molecule has 0 aliphatic carbocycles. The SMILES string of the molecule is CCNC(=NCC1(SC)CCOCC1)N(C)Cc1ccc(Cl)s1. The molecule has 2 rings (SSSR count). The molecule has 0 bridgehead atoms. The van der Waals surface area contributed by atoms with E-state index in [0.717, 1.165) is 56.0 Å². The van der Waals surface area contributed by atoms with E-state index in [1.165, 1.54) is 4.88 Å². The summed E-state index contributed by atoms with van der Waals surface area (Å²) >= 11 is 9.57. The number of hydrogen-bond donors (Lipinski definition) is 1. The smallest absolute Gasteiger partial charge is 0.194 e. The Bertz CT molecular complexity index is 515. The van der Waals surface area contributed by atoms with Crippen LogP contribution in [0.1, 0.15) is 24.6 Å². The van der Waals surface area contributed by atoms with Crippen molar-refractivity contribution in [1.82, 2.24) is 10.2 Å². The molecule has 7 heteroatoms. The fourth-order valence-corrected chi connectivity index (χ4v) is 4.51. The summed E-state index contributed by atoms with van der Waals surface area (Å²) in [5.41, 5.74) is 0. The van der Waals surface area contributed by atoms with E-state index in [1.807, 2.05) is 17.8 Å². The van der Waals surface area contributed by atoms with Gasteiger partial charge in [-0.1, -0.05) is 11.6 Å². The number of rotatable bonds is 6. The van der Waals surface area contributed by atoms with E-state index in [-0.39, 0.29) is 4.75 Å². The summed E-state index contributed by atoms with van der Waals surface area (Å²) in [6.45, 7) is 6.30. The lowest BCUT2D eigenvalue weighted by atomic mass is 9.99. The highest BCUT2D eigenvalue weighted by Gasteiger charge is 2.31. The van der Waals surface area contributed by atoms with Gasteiger partial charge in [0.2, 0.25) is 0 Å². The van der Waals surface area contributed by atoms with Crippen molar-refractivity contribution in [1.29, 1.82) is 0 Å². The largest absolute Gasteiger partial charge is 0.381 e. The van der Waals surface area contributed by atoms with E-state index in [2.05, 4.69) is 36.5 Å². The third-order valence-electron chi connectivity index (χ3n) is 4.07. The molecule has 2 heterocycles. The Labute approximate surface area is 152 Å². The van der Waals surface area contributed by atoms with E-state index >= 15 is 0 Å². The summed E-state index contributed by atoms with van der Waals surface area (Å²) in [4.78, 5) is 8.32. The molecule has 4 nitrogen and oxygen atoms in total. The Hall–Kier alpha value is -0.430. The Kier molecular flexibility index (Phi) is 7.53. The van der Waals surface area contributed by atoms with Gasteiger partial charge >= 0.3 is 0 Å². The van der Waals surface area contributed by atoms with E-state index in [0.29, 0.717) is 0 Å². The molecule has 0 unspecified atom stereocenters. The highest BCUT2D eigenvalue weighted by Crippen LogP contribution is 2.34. The topological polar surface area (TPSA) is 36.9 Å². The van der Waals surface area contributed by atoms with Crippen molar-refractivity contribution in [3.8, 4) is 0 Å². The molecule has 1 aliphatic rings. The van der Waals surface area contributed by atoms with Crippen LogP contribution in [0, 0.1) is 0 Å². The quantitative estimate of drug-likeness (QED) is 0.607. The first-order valence-electron chi connectivity index (χ1n) is 7.95. The fourth-order valence-electron chi connectivity index (χ4n) is 2.60. The summed E-state index contributed by atoms with van der Waals surface area (Å²) < 4.78 is 6.56. The first-order chi connectivity index (χ1) is 11.1. The number of nitrogens with one attached hydrogen (secondary N) is 1. The summed E-state index contributed by atoms with van der Waals surface area (Å²) in [6, 6.07) is 4.03. The summed E-state index contributed by atoms with van der Waals surface area (Å²) in [7, 11) is 2.07. The van der Waals surface area contributed by atoms with Gasteiger partial charge in [-0.2, -0.15) is 11.8 Å².